The molecule has 0 aromatic heterocycles. The molecule has 2 nitrogen and oxygen atoms in total. The number of hydrogen-bond acceptors (Lipinski definition) is 2. The topological polar surface area (TPSA) is 20.3 Å². The van der Waals surface area contributed by atoms with Gasteiger partial charge >= 0.3 is 0 Å². The predicted molar refractivity (Wildman–Crippen MR) is 114 cm³/mol. The summed E-state index contributed by atoms with van der Waals surface area (Å²) in [6.07, 6.45) is 6.18. The first kappa shape index (κ1) is 17.9. The van der Waals surface area contributed by atoms with Gasteiger partial charge in [0.1, 0.15) is 0 Å². The van der Waals surface area contributed by atoms with Crippen LogP contribution in [-0.4, -0.2) is 29.8 Å². The lowest BCUT2D eigenvalue weighted by atomic mass is 9.88. The van der Waals surface area contributed by atoms with Gasteiger partial charge in [-0.05, 0) is 67.4 Å². The predicted octanol–water partition coefficient (Wildman–Crippen LogP) is 5.72. The minimum absolute atomic E-state index is 0.190. The summed E-state index contributed by atoms with van der Waals surface area (Å²) >= 11 is 7.03. The first-order valence-corrected chi connectivity index (χ1v) is 10.3. The summed E-state index contributed by atoms with van der Waals surface area (Å²) in [5, 5.41) is 0. The molecule has 2 fully saturated rings. The van der Waals surface area contributed by atoms with Gasteiger partial charge in [-0.15, -0.1) is 0 Å². The van der Waals surface area contributed by atoms with Crippen molar-refractivity contribution in [2.75, 3.05) is 7.05 Å². The lowest BCUT2D eigenvalue weighted by molar-refractivity contribution is -0.114. The van der Waals surface area contributed by atoms with Crippen molar-refractivity contribution in [3.8, 4) is 0 Å². The minimum atomic E-state index is 0.190. The zero-order chi connectivity index (χ0) is 18.3. The highest BCUT2D eigenvalue weighted by Crippen LogP contribution is 2.40. The summed E-state index contributed by atoms with van der Waals surface area (Å²) < 4.78 is 2.05. The lowest BCUT2D eigenvalue weighted by Gasteiger charge is -2.34. The standard InChI is InChI=1S/C22H19Br2NO/c1-25-20-8-9-21(25)19(13-15-5-3-7-17(24)11-15)22(26)18(20)12-14-4-2-6-16(23)10-14/h2-7,10-13,20-21H,8-9H2,1H3. The number of hydrogen-bond donors (Lipinski definition) is 0. The average Bonchev–Trinajstić information content (AvgIpc) is 2.92. The van der Waals surface area contributed by atoms with Crippen LogP contribution in [0.15, 0.2) is 68.6 Å². The van der Waals surface area contributed by atoms with E-state index in [2.05, 4.69) is 68.1 Å². The third-order valence-corrected chi connectivity index (χ3v) is 6.27. The van der Waals surface area contributed by atoms with Gasteiger partial charge in [0, 0.05) is 32.2 Å². The fraction of sp³-hybridized carbons (Fsp3) is 0.227. The molecule has 2 bridgehead atoms. The van der Waals surface area contributed by atoms with E-state index in [1.54, 1.807) is 0 Å². The van der Waals surface area contributed by atoms with Crippen molar-refractivity contribution in [1.82, 2.24) is 4.90 Å². The zero-order valence-electron chi connectivity index (χ0n) is 14.5. The molecule has 0 radical (unpaired) electrons. The third kappa shape index (κ3) is 3.38. The quantitative estimate of drug-likeness (QED) is 0.520. The van der Waals surface area contributed by atoms with Gasteiger partial charge in [0.2, 0.25) is 0 Å². The number of benzene rings is 2. The van der Waals surface area contributed by atoms with Crippen LogP contribution >= 0.6 is 31.9 Å². The van der Waals surface area contributed by atoms with E-state index >= 15 is 0 Å². The monoisotopic (exact) mass is 471 g/mol. The van der Waals surface area contributed by atoms with Crippen LogP contribution in [0.1, 0.15) is 24.0 Å². The Bertz CT molecular complexity index is 858. The van der Waals surface area contributed by atoms with Crippen LogP contribution in [0.25, 0.3) is 12.2 Å². The van der Waals surface area contributed by atoms with Crippen molar-refractivity contribution in [3.05, 3.63) is 79.7 Å². The van der Waals surface area contributed by atoms with Gasteiger partial charge in [0.25, 0.3) is 0 Å². The Kier molecular flexibility index (Phi) is 5.00. The molecule has 0 aliphatic carbocycles. The molecular formula is C22H19Br2NO. The number of nitrogens with zero attached hydrogens (tertiary/aromatic N) is 1. The Morgan fingerprint density at radius 3 is 1.77 bits per heavy atom. The molecule has 0 spiro atoms. The third-order valence-electron chi connectivity index (χ3n) is 5.28. The molecule has 2 atom stereocenters. The number of halogens is 2. The van der Waals surface area contributed by atoms with Crippen molar-refractivity contribution in [2.45, 2.75) is 24.9 Å². The maximum Gasteiger partial charge on any atom is 0.188 e. The zero-order valence-corrected chi connectivity index (χ0v) is 17.6. The van der Waals surface area contributed by atoms with E-state index in [0.29, 0.717) is 0 Å². The van der Waals surface area contributed by atoms with Crippen molar-refractivity contribution in [2.24, 2.45) is 0 Å². The van der Waals surface area contributed by atoms with E-state index in [1.165, 1.54) is 0 Å². The number of carbonyl (C=O) groups is 1. The highest BCUT2D eigenvalue weighted by Gasteiger charge is 2.44. The van der Waals surface area contributed by atoms with Crippen molar-refractivity contribution in [1.29, 1.82) is 0 Å². The van der Waals surface area contributed by atoms with Gasteiger partial charge in [-0.3, -0.25) is 9.69 Å². The second-order valence-corrected chi connectivity index (χ2v) is 8.74. The first-order valence-electron chi connectivity index (χ1n) is 8.74. The summed E-state index contributed by atoms with van der Waals surface area (Å²) in [5.74, 6) is 0.190. The number of ketones is 1. The molecule has 2 aromatic carbocycles. The molecule has 0 N–H and O–H groups in total. The van der Waals surface area contributed by atoms with Crippen molar-refractivity contribution >= 4 is 49.8 Å². The average molecular weight is 473 g/mol. The van der Waals surface area contributed by atoms with Crippen LogP contribution in [0.5, 0.6) is 0 Å². The Hall–Kier alpha value is -1.49. The molecule has 4 heteroatoms. The summed E-state index contributed by atoms with van der Waals surface area (Å²) in [7, 11) is 2.14. The van der Waals surface area contributed by atoms with E-state index in [4.69, 9.17) is 0 Å². The van der Waals surface area contributed by atoms with E-state index in [1.807, 2.05) is 36.4 Å². The normalized spacial score (nSPS) is 26.0. The van der Waals surface area contributed by atoms with Crippen molar-refractivity contribution < 1.29 is 4.79 Å². The fourth-order valence-corrected chi connectivity index (χ4v) is 4.87. The molecule has 2 aromatic rings. The second kappa shape index (κ2) is 7.26. The van der Waals surface area contributed by atoms with Crippen LogP contribution in [0.4, 0.5) is 0 Å². The first-order chi connectivity index (χ1) is 12.5. The van der Waals surface area contributed by atoms with Crippen LogP contribution in [0, 0.1) is 0 Å². The Morgan fingerprint density at radius 2 is 1.35 bits per heavy atom. The highest BCUT2D eigenvalue weighted by molar-refractivity contribution is 9.10. The molecule has 0 saturated carbocycles. The number of fused-ring (bicyclic) bond motifs is 2. The molecule has 132 valence electrons. The lowest BCUT2D eigenvalue weighted by Crippen LogP contribution is -2.43. The van der Waals surface area contributed by atoms with Gasteiger partial charge in [-0.25, -0.2) is 0 Å². The largest absolute Gasteiger partial charge is 0.292 e. The van der Waals surface area contributed by atoms with Crippen LogP contribution in [-0.2, 0) is 4.79 Å². The van der Waals surface area contributed by atoms with Crippen molar-refractivity contribution in [3.63, 3.8) is 0 Å². The van der Waals surface area contributed by atoms with Gasteiger partial charge in [-0.2, -0.15) is 0 Å². The summed E-state index contributed by atoms with van der Waals surface area (Å²) in [5.41, 5.74) is 3.92. The van der Waals surface area contributed by atoms with E-state index < -0.39 is 0 Å². The van der Waals surface area contributed by atoms with E-state index in [-0.39, 0.29) is 17.9 Å². The molecule has 2 heterocycles. The minimum Gasteiger partial charge on any atom is -0.292 e. The van der Waals surface area contributed by atoms with Gasteiger partial charge < -0.3 is 0 Å². The Labute approximate surface area is 170 Å². The van der Waals surface area contributed by atoms with Gasteiger partial charge in [0.15, 0.2) is 5.78 Å². The molecule has 26 heavy (non-hydrogen) atoms. The number of piperidine rings is 1. The Morgan fingerprint density at radius 1 is 0.885 bits per heavy atom. The second-order valence-electron chi connectivity index (χ2n) is 6.91. The van der Waals surface area contributed by atoms with Gasteiger partial charge in [0.05, 0.1) is 0 Å². The molecule has 2 aliphatic rings. The number of Topliss-reactive ketones (excluding diaryl/α,β-unsaturated/α-hetero) is 1. The SMILES string of the molecule is CN1C2CCC1C(=Cc1cccc(Br)c1)C(=O)C2=Cc1cccc(Br)c1. The maximum absolute atomic E-state index is 13.3. The fourth-order valence-electron chi connectivity index (χ4n) is 4.03. The molecule has 4 rings (SSSR count). The number of carbonyl (C=O) groups excluding carboxylic acids is 1. The molecule has 2 unspecified atom stereocenters. The van der Waals surface area contributed by atoms with Crippen LogP contribution < -0.4 is 0 Å². The summed E-state index contributed by atoms with van der Waals surface area (Å²) in [6.45, 7) is 0. The van der Waals surface area contributed by atoms with E-state index in [0.717, 1.165) is 44.1 Å². The van der Waals surface area contributed by atoms with Crippen LogP contribution in [0.3, 0.4) is 0 Å². The number of rotatable bonds is 2. The van der Waals surface area contributed by atoms with E-state index in [9.17, 15) is 4.79 Å². The smallest absolute Gasteiger partial charge is 0.188 e. The summed E-state index contributed by atoms with van der Waals surface area (Å²) in [6, 6.07) is 16.6. The molecular weight excluding hydrogens is 454 g/mol. The maximum atomic E-state index is 13.3. The molecule has 2 aliphatic heterocycles. The number of likely N-dealkylation sites (N-methyl/N-ethyl adjacent to an activating group) is 1. The van der Waals surface area contributed by atoms with Crippen LogP contribution in [0.2, 0.25) is 0 Å². The molecule has 2 saturated heterocycles. The highest BCUT2D eigenvalue weighted by atomic mass is 79.9. The summed E-state index contributed by atoms with van der Waals surface area (Å²) in [4.78, 5) is 15.7. The molecule has 0 amide bonds. The van der Waals surface area contributed by atoms with Gasteiger partial charge in [-0.1, -0.05) is 56.1 Å². The Balaban J connectivity index is 1.78.